The summed E-state index contributed by atoms with van der Waals surface area (Å²) in [5, 5.41) is 11.4. The number of aryl methyl sites for hydroxylation is 1. The van der Waals surface area contributed by atoms with Crippen LogP contribution in [0.25, 0.3) is 0 Å². The van der Waals surface area contributed by atoms with Crippen molar-refractivity contribution < 1.29 is 19.5 Å². The fraction of sp³-hybridized carbons (Fsp3) is 0.0625. The van der Waals surface area contributed by atoms with Crippen molar-refractivity contribution in [3.8, 4) is 0 Å². The van der Waals surface area contributed by atoms with Gasteiger partial charge in [0.2, 0.25) is 0 Å². The normalized spacial score (nSPS) is 9.95. The summed E-state index contributed by atoms with van der Waals surface area (Å²) in [6, 6.07) is 12.5. The number of rotatable bonds is 4. The highest BCUT2D eigenvalue weighted by Gasteiger charge is 2.18. The van der Waals surface area contributed by atoms with Gasteiger partial charge in [-0.25, -0.2) is 4.79 Å². The molecule has 0 saturated carbocycles. The first kappa shape index (κ1) is 14.5. The minimum Gasteiger partial charge on any atom is -0.478 e. The Bertz CT molecular complexity index is 704. The molecule has 2 rings (SSSR count). The van der Waals surface area contributed by atoms with Crippen LogP contribution in [-0.2, 0) is 4.79 Å². The van der Waals surface area contributed by atoms with Crippen molar-refractivity contribution in [3.63, 3.8) is 0 Å². The van der Waals surface area contributed by atoms with E-state index in [-0.39, 0.29) is 16.8 Å². The molecule has 2 aromatic carbocycles. The summed E-state index contributed by atoms with van der Waals surface area (Å²) in [7, 11) is 0. The van der Waals surface area contributed by atoms with Crippen LogP contribution >= 0.6 is 0 Å². The molecule has 0 saturated heterocycles. The van der Waals surface area contributed by atoms with Gasteiger partial charge in [0.05, 0.1) is 11.3 Å². The molecule has 5 nitrogen and oxygen atoms in total. The quantitative estimate of drug-likeness (QED) is 0.667. The van der Waals surface area contributed by atoms with Crippen LogP contribution in [0.1, 0.15) is 26.3 Å². The lowest BCUT2D eigenvalue weighted by Gasteiger charge is -2.07. The van der Waals surface area contributed by atoms with Gasteiger partial charge < -0.3 is 10.4 Å². The molecule has 2 aromatic rings. The molecule has 0 fully saturated rings. The summed E-state index contributed by atoms with van der Waals surface area (Å²) in [5.74, 6) is -2.75. The van der Waals surface area contributed by atoms with Gasteiger partial charge in [0.15, 0.2) is 0 Å². The minimum atomic E-state index is -1.17. The molecule has 0 aromatic heterocycles. The van der Waals surface area contributed by atoms with Gasteiger partial charge in [-0.1, -0.05) is 42.0 Å². The van der Waals surface area contributed by atoms with Crippen molar-refractivity contribution in [2.24, 2.45) is 0 Å². The van der Waals surface area contributed by atoms with Crippen LogP contribution in [0, 0.1) is 6.92 Å². The number of para-hydroxylation sites is 1. The molecule has 0 aliphatic heterocycles. The van der Waals surface area contributed by atoms with Crippen molar-refractivity contribution in [1.29, 1.82) is 0 Å². The van der Waals surface area contributed by atoms with Gasteiger partial charge in [-0.05, 0) is 19.1 Å². The molecule has 1 amide bonds. The summed E-state index contributed by atoms with van der Waals surface area (Å²) in [4.78, 5) is 34.9. The molecular formula is C16H13NO4. The number of ketones is 1. The Balaban J connectivity index is 2.20. The minimum absolute atomic E-state index is 0.0671. The second-order valence-electron chi connectivity index (χ2n) is 4.50. The van der Waals surface area contributed by atoms with E-state index in [0.717, 1.165) is 5.56 Å². The third-order valence-corrected chi connectivity index (χ3v) is 2.93. The van der Waals surface area contributed by atoms with Gasteiger partial charge in [-0.15, -0.1) is 0 Å². The number of carboxylic acids is 1. The Hall–Kier alpha value is -2.95. The maximum atomic E-state index is 12.0. The summed E-state index contributed by atoms with van der Waals surface area (Å²) in [5.41, 5.74) is 1.26. The fourth-order valence-corrected chi connectivity index (χ4v) is 1.79. The third kappa shape index (κ3) is 3.33. The Labute approximate surface area is 121 Å². The second-order valence-corrected chi connectivity index (χ2v) is 4.50. The molecule has 0 spiro atoms. The number of hydrogen-bond acceptors (Lipinski definition) is 3. The molecule has 0 unspecified atom stereocenters. The molecule has 0 heterocycles. The number of carbonyl (C=O) groups is 3. The molecular weight excluding hydrogens is 270 g/mol. The molecule has 0 aliphatic rings. The van der Waals surface area contributed by atoms with E-state index >= 15 is 0 Å². The second kappa shape index (κ2) is 6.00. The van der Waals surface area contributed by atoms with Crippen molar-refractivity contribution >= 4 is 23.3 Å². The lowest BCUT2D eigenvalue weighted by molar-refractivity contribution is -0.112. The summed E-state index contributed by atoms with van der Waals surface area (Å²) >= 11 is 0. The summed E-state index contributed by atoms with van der Waals surface area (Å²) in [6.45, 7) is 1.87. The van der Waals surface area contributed by atoms with Crippen LogP contribution in [0.5, 0.6) is 0 Å². The van der Waals surface area contributed by atoms with E-state index in [1.165, 1.54) is 12.1 Å². The van der Waals surface area contributed by atoms with Crippen molar-refractivity contribution in [2.75, 3.05) is 5.32 Å². The zero-order valence-corrected chi connectivity index (χ0v) is 11.3. The molecule has 0 bridgehead atoms. The zero-order chi connectivity index (χ0) is 15.4. The van der Waals surface area contributed by atoms with E-state index in [1.54, 1.807) is 36.4 Å². The SMILES string of the molecule is Cc1ccc(C(=O)C(=O)Nc2ccccc2C(=O)O)cc1. The predicted molar refractivity (Wildman–Crippen MR) is 77.5 cm³/mol. The predicted octanol–water partition coefficient (Wildman–Crippen LogP) is 2.51. The molecule has 2 N–H and O–H groups in total. The first-order chi connectivity index (χ1) is 9.99. The van der Waals surface area contributed by atoms with Crippen molar-refractivity contribution in [1.82, 2.24) is 0 Å². The lowest BCUT2D eigenvalue weighted by atomic mass is 10.1. The van der Waals surface area contributed by atoms with Crippen LogP contribution in [0.3, 0.4) is 0 Å². The van der Waals surface area contributed by atoms with Gasteiger partial charge >= 0.3 is 5.97 Å². The maximum Gasteiger partial charge on any atom is 0.337 e. The Morgan fingerprint density at radius 2 is 1.57 bits per heavy atom. The van der Waals surface area contributed by atoms with E-state index < -0.39 is 17.7 Å². The van der Waals surface area contributed by atoms with Crippen LogP contribution in [0.2, 0.25) is 0 Å². The first-order valence-corrected chi connectivity index (χ1v) is 6.23. The number of amides is 1. The largest absolute Gasteiger partial charge is 0.478 e. The average molecular weight is 283 g/mol. The van der Waals surface area contributed by atoms with Crippen LogP contribution in [0.15, 0.2) is 48.5 Å². The Morgan fingerprint density at radius 1 is 0.952 bits per heavy atom. The maximum absolute atomic E-state index is 12.0. The van der Waals surface area contributed by atoms with Crippen molar-refractivity contribution in [2.45, 2.75) is 6.92 Å². The number of aromatic carboxylic acids is 1. The highest BCUT2D eigenvalue weighted by atomic mass is 16.4. The summed E-state index contributed by atoms with van der Waals surface area (Å²) < 4.78 is 0. The van der Waals surface area contributed by atoms with E-state index in [2.05, 4.69) is 5.32 Å². The number of anilines is 1. The molecule has 21 heavy (non-hydrogen) atoms. The van der Waals surface area contributed by atoms with Gasteiger partial charge in [0, 0.05) is 5.56 Å². The monoisotopic (exact) mass is 283 g/mol. The standard InChI is InChI=1S/C16H13NO4/c1-10-6-8-11(9-7-10)14(18)15(19)17-13-5-3-2-4-12(13)16(20)21/h2-9H,1H3,(H,17,19)(H,20,21). The number of nitrogens with one attached hydrogen (secondary N) is 1. The van der Waals surface area contributed by atoms with Gasteiger partial charge in [0.25, 0.3) is 11.7 Å². The van der Waals surface area contributed by atoms with Crippen molar-refractivity contribution in [3.05, 3.63) is 65.2 Å². The Kier molecular flexibility index (Phi) is 4.13. The van der Waals surface area contributed by atoms with E-state index in [1.807, 2.05) is 6.92 Å². The highest BCUT2D eigenvalue weighted by molar-refractivity contribution is 6.46. The van der Waals surface area contributed by atoms with Crippen LogP contribution in [-0.4, -0.2) is 22.8 Å². The van der Waals surface area contributed by atoms with Gasteiger partial charge in [-0.2, -0.15) is 0 Å². The highest BCUT2D eigenvalue weighted by Crippen LogP contribution is 2.15. The fourth-order valence-electron chi connectivity index (χ4n) is 1.79. The molecule has 0 atom stereocenters. The number of Topliss-reactive ketones (excluding diaryl/α,β-unsaturated/α-hetero) is 1. The number of carbonyl (C=O) groups excluding carboxylic acids is 2. The topological polar surface area (TPSA) is 83.5 Å². The summed E-state index contributed by atoms with van der Waals surface area (Å²) in [6.07, 6.45) is 0. The smallest absolute Gasteiger partial charge is 0.337 e. The zero-order valence-electron chi connectivity index (χ0n) is 11.3. The van der Waals surface area contributed by atoms with Gasteiger partial charge in [-0.3, -0.25) is 9.59 Å². The molecule has 0 radical (unpaired) electrons. The van der Waals surface area contributed by atoms with E-state index in [9.17, 15) is 14.4 Å². The van der Waals surface area contributed by atoms with E-state index in [4.69, 9.17) is 5.11 Å². The molecule has 0 aliphatic carbocycles. The molecule has 106 valence electrons. The lowest BCUT2D eigenvalue weighted by Crippen LogP contribution is -2.24. The number of hydrogen-bond donors (Lipinski definition) is 2. The Morgan fingerprint density at radius 3 is 2.19 bits per heavy atom. The first-order valence-electron chi connectivity index (χ1n) is 6.23. The third-order valence-electron chi connectivity index (χ3n) is 2.93. The number of carboxylic acid groups (broad SMARTS) is 1. The van der Waals surface area contributed by atoms with Gasteiger partial charge in [0.1, 0.15) is 0 Å². The van der Waals surface area contributed by atoms with E-state index in [0.29, 0.717) is 0 Å². The van der Waals surface area contributed by atoms with Crippen LogP contribution in [0.4, 0.5) is 5.69 Å². The average Bonchev–Trinajstić information content (AvgIpc) is 2.47. The number of benzene rings is 2. The molecule has 5 heteroatoms. The van der Waals surface area contributed by atoms with Crippen LogP contribution < -0.4 is 5.32 Å².